The van der Waals surface area contributed by atoms with Gasteiger partial charge in [-0.2, -0.15) is 0 Å². The summed E-state index contributed by atoms with van der Waals surface area (Å²) in [5, 5.41) is 65.0. The van der Waals surface area contributed by atoms with E-state index in [1.165, 1.54) is 6.92 Å². The number of amides is 3. The summed E-state index contributed by atoms with van der Waals surface area (Å²) in [5.41, 5.74) is 15.1. The Morgan fingerprint density at radius 3 is 0.871 bits per heavy atom. The maximum Gasteiger partial charge on any atom is 0.407 e. The Bertz CT molecular complexity index is 4860. The average molecular weight is 2110 g/mol. The SMILES string of the molecule is CC.CC.CC.CC.CC(=O)O[C@H]1CCCCO1.CO.CO.N=C(O[C@H]1CCCCO1)C(Cl)(Cl)Cl.O=C(NC(CO)C(=O)OCc1ccccc1)OCC1c2ccccc2-c2ccccc21.O=C(NC(CO[C@H]1CCCCO1)C(=O)O)OCC1c2ccccc2-c2ccccc21.O=C(NC(CO[C@H]1CCCCO1)C(=O)OCc1ccccc1)OCC1c2ccccc2-c2ccccc21.O[C@H]1CCCCO1.O[C@H]1CCCCO1. The number of alkyl halides is 3. The first-order valence-electron chi connectivity index (χ1n) is 50.8. The van der Waals surface area contributed by atoms with Crippen LogP contribution in [0.5, 0.6) is 0 Å². The van der Waals surface area contributed by atoms with Gasteiger partial charge in [0.2, 0.25) is 18.5 Å². The standard InChI is InChI=1S/C30H31NO6.C25H23NO5.C23H25NO6.C7H10Cl3NO2.C7H12O3.2C5H10O2.4C2H6.2CH4O/c32-29(36-18-21-10-2-1-3-11-21)27(20-35-28-16-8-9-17-34-28)31-30(33)37-19-26-24-14-6-4-12-22(24)23-13-5-7-15-25(23)26;27-14-23(24(28)30-15-17-8-2-1-3-9-17)26-25(29)31-16-22-20-12-6-4-10-18(20)19-11-5-7-13-21(19)22;25-22(26)20(14-29-21-11-5-6-12-28-21)24-23(27)30-13-19-17-9-3-1-7-15(17)16-8-2-4-10-18(16)19;8-7(9,10)6(11)13-5-3-1-2-4-12-5;1-6(8)10-7-4-2-3-5-9-7;2*6-5-3-1-2-4-7-5;6*1-2/h1-7,10-15,26-28H,8-9,16-20H2,(H,31,33);1-13,22-23,27H,14-16H2,(H,26,29);1-4,7-10,19-21H,5-6,11-14H2,(H,24,27)(H,25,26);5,11H,1-4H2;7H,2-5H2,1H3;2*5-6H,1-4H2;4*1-2H3;2*2H,1H3/t27?,28-;;20?,21-;5-;7-;2*5-;;;;;;/m0.00011....../s1. The fourth-order valence-electron chi connectivity index (χ4n) is 16.1. The summed E-state index contributed by atoms with van der Waals surface area (Å²) in [6, 6.07) is 63.5. The molecule has 9 atom stereocenters. The number of halogens is 3. The van der Waals surface area contributed by atoms with Crippen molar-refractivity contribution in [1.29, 1.82) is 5.41 Å². The number of carboxylic acid groups (broad SMARTS) is 1. The number of aliphatic carboxylic acids is 1. The van der Waals surface area contributed by atoms with Gasteiger partial charge in [0, 0.05) is 78.2 Å². The molecule has 9 aliphatic rings. The van der Waals surface area contributed by atoms with Crippen molar-refractivity contribution in [2.24, 2.45) is 0 Å². The molecular formula is C112H153Cl3N4O28. The lowest BCUT2D eigenvalue weighted by Gasteiger charge is -2.25. The van der Waals surface area contributed by atoms with E-state index in [-0.39, 0.29) is 82.2 Å². The summed E-state index contributed by atoms with van der Waals surface area (Å²) >= 11 is 16.3. The van der Waals surface area contributed by atoms with Gasteiger partial charge in [-0.25, -0.2) is 28.8 Å². The van der Waals surface area contributed by atoms with Crippen LogP contribution in [0.25, 0.3) is 33.4 Å². The normalized spacial score (nSPS) is 18.3. The molecule has 0 aromatic heterocycles. The van der Waals surface area contributed by atoms with Crippen LogP contribution in [0.4, 0.5) is 14.4 Å². The molecule has 0 bridgehead atoms. The number of nitrogens with one attached hydrogen (secondary N) is 4. The number of rotatable bonds is 25. The third-order valence-electron chi connectivity index (χ3n) is 23.0. The van der Waals surface area contributed by atoms with E-state index in [2.05, 4.69) is 64.5 Å². The van der Waals surface area contributed by atoms with Crippen LogP contribution in [0.15, 0.2) is 206 Å². The highest BCUT2D eigenvalue weighted by Gasteiger charge is 2.37. The molecule has 6 heterocycles. The highest BCUT2D eigenvalue weighted by Crippen LogP contribution is 2.48. The van der Waals surface area contributed by atoms with Crippen molar-refractivity contribution < 1.29 is 135 Å². The molecule has 3 unspecified atom stereocenters. The summed E-state index contributed by atoms with van der Waals surface area (Å²) in [7, 11) is 2.00. The number of esters is 3. The molecule has 8 aromatic carbocycles. The topological polar surface area (TPSA) is 439 Å². The van der Waals surface area contributed by atoms with Gasteiger partial charge in [0.25, 0.3) is 3.79 Å². The monoisotopic (exact) mass is 2110 g/mol. The van der Waals surface area contributed by atoms with Crippen molar-refractivity contribution in [2.75, 3.05) is 93.5 Å². The number of alkyl carbamates (subject to hydrolysis) is 3. The number of carbonyl (C=O) groups excluding carboxylic acids is 6. The van der Waals surface area contributed by atoms with E-state index < -0.39 is 96.2 Å². The van der Waals surface area contributed by atoms with Crippen molar-refractivity contribution in [3.63, 3.8) is 0 Å². The van der Waals surface area contributed by atoms with Crippen LogP contribution in [0.1, 0.15) is 240 Å². The number of benzene rings is 8. The van der Waals surface area contributed by atoms with Crippen molar-refractivity contribution in [3.05, 3.63) is 251 Å². The maximum atomic E-state index is 12.9. The van der Waals surface area contributed by atoms with E-state index in [1.54, 1.807) is 0 Å². The Balaban J connectivity index is 0.000000317. The molecule has 147 heavy (non-hydrogen) atoms. The van der Waals surface area contributed by atoms with Gasteiger partial charge < -0.3 is 118 Å². The molecule has 6 aliphatic heterocycles. The fourth-order valence-corrected chi connectivity index (χ4v) is 16.2. The van der Waals surface area contributed by atoms with E-state index in [1.807, 2.05) is 213 Å². The lowest BCUT2D eigenvalue weighted by Crippen LogP contribution is -2.46. The molecule has 10 N–H and O–H groups in total. The molecule has 0 spiro atoms. The van der Waals surface area contributed by atoms with Crippen LogP contribution in [0.3, 0.4) is 0 Å². The van der Waals surface area contributed by atoms with Crippen LogP contribution >= 0.6 is 34.8 Å². The van der Waals surface area contributed by atoms with Gasteiger partial charge in [0.1, 0.15) is 33.0 Å². The second-order valence-electron chi connectivity index (χ2n) is 32.8. The van der Waals surface area contributed by atoms with Crippen LogP contribution in [0.2, 0.25) is 0 Å². The molecule has 17 rings (SSSR count). The summed E-state index contributed by atoms with van der Waals surface area (Å²) in [4.78, 5) is 84.5. The molecule has 0 saturated carbocycles. The second kappa shape index (κ2) is 74.2. The van der Waals surface area contributed by atoms with Crippen LogP contribution in [-0.4, -0.2) is 232 Å². The largest absolute Gasteiger partial charge is 0.480 e. The van der Waals surface area contributed by atoms with Gasteiger partial charge in [-0.1, -0.05) is 296 Å². The number of ether oxygens (including phenoxy) is 15. The zero-order chi connectivity index (χ0) is 108. The van der Waals surface area contributed by atoms with E-state index in [9.17, 15) is 43.8 Å². The van der Waals surface area contributed by atoms with Crippen molar-refractivity contribution in [2.45, 2.75) is 269 Å². The van der Waals surface area contributed by atoms with Gasteiger partial charge in [-0.15, -0.1) is 0 Å². The second-order valence-corrected chi connectivity index (χ2v) is 35.1. The lowest BCUT2D eigenvalue weighted by atomic mass is 9.98. The minimum Gasteiger partial charge on any atom is -0.480 e. The number of fused-ring (bicyclic) bond motifs is 9. The molecular weight excluding hydrogens is 1960 g/mol. The van der Waals surface area contributed by atoms with Crippen molar-refractivity contribution in [3.8, 4) is 33.4 Å². The molecule has 3 aliphatic carbocycles. The summed E-state index contributed by atoms with van der Waals surface area (Å²) in [6.07, 6.45) is 12.5. The first-order valence-corrected chi connectivity index (χ1v) is 52.0. The summed E-state index contributed by atoms with van der Waals surface area (Å²) < 4.78 is 77.5. The molecule has 6 fully saturated rings. The number of hydrogen-bond acceptors (Lipinski definition) is 28. The molecule has 6 saturated heterocycles. The Labute approximate surface area is 880 Å². The molecule has 35 heteroatoms. The smallest absolute Gasteiger partial charge is 0.407 e. The lowest BCUT2D eigenvalue weighted by molar-refractivity contribution is -0.184. The van der Waals surface area contributed by atoms with Gasteiger partial charge in [0.15, 0.2) is 43.3 Å². The van der Waals surface area contributed by atoms with E-state index >= 15 is 0 Å². The molecule has 0 radical (unpaired) electrons. The zero-order valence-corrected chi connectivity index (χ0v) is 88.8. The average Bonchev–Trinajstić information content (AvgIpc) is 1.62. The Kier molecular flexibility index (Phi) is 64.0. The number of hydrogen-bond donors (Lipinski definition) is 10. The third kappa shape index (κ3) is 45.3. The van der Waals surface area contributed by atoms with Crippen molar-refractivity contribution >= 4 is 82.9 Å². The van der Waals surface area contributed by atoms with Crippen LogP contribution < -0.4 is 16.0 Å². The van der Waals surface area contributed by atoms with E-state index in [0.717, 1.165) is 228 Å². The van der Waals surface area contributed by atoms with E-state index in [4.69, 9.17) is 132 Å². The van der Waals surface area contributed by atoms with Gasteiger partial charge in [-0.3, -0.25) is 10.2 Å². The van der Waals surface area contributed by atoms with Gasteiger partial charge >= 0.3 is 42.2 Å². The highest BCUT2D eigenvalue weighted by atomic mass is 35.6. The Morgan fingerprint density at radius 1 is 0.354 bits per heavy atom. The minimum absolute atomic E-state index is 0.0581. The highest BCUT2D eigenvalue weighted by molar-refractivity contribution is 6.76. The maximum absolute atomic E-state index is 12.9. The number of aliphatic hydroxyl groups is 5. The Hall–Kier alpha value is -10.7. The first kappa shape index (κ1) is 127. The number of carboxylic acids is 1. The molecule has 810 valence electrons. The van der Waals surface area contributed by atoms with Gasteiger partial charge in [-0.05, 0) is 181 Å². The molecule has 3 amide bonds. The summed E-state index contributed by atoms with van der Waals surface area (Å²) in [5.74, 6) is -3.38. The summed E-state index contributed by atoms with van der Waals surface area (Å²) in [6.45, 7) is 21.2. The predicted molar refractivity (Wildman–Crippen MR) is 564 cm³/mol. The van der Waals surface area contributed by atoms with Crippen molar-refractivity contribution in [1.82, 2.24) is 16.0 Å². The van der Waals surface area contributed by atoms with Crippen LogP contribution in [0, 0.1) is 5.41 Å². The minimum atomic E-state index is -1.79. The van der Waals surface area contributed by atoms with Crippen LogP contribution in [-0.2, 0) is 103 Å². The predicted octanol–water partition coefficient (Wildman–Crippen LogP) is 20.6. The fraction of sp³-hybridized carbons (Fsp3) is 0.500. The zero-order valence-electron chi connectivity index (χ0n) is 86.5. The molecule has 32 nitrogen and oxygen atoms in total. The first-order chi connectivity index (χ1) is 71.6. The van der Waals surface area contributed by atoms with Gasteiger partial charge in [0.05, 0.1) is 33.0 Å². The number of aliphatic hydroxyl groups excluding tert-OH is 5. The molecule has 8 aromatic rings. The quantitative estimate of drug-likeness (QED) is 0.00835. The Morgan fingerprint density at radius 2 is 0.612 bits per heavy atom. The van der Waals surface area contributed by atoms with E-state index in [0.29, 0.717) is 19.8 Å². The number of carbonyl (C=O) groups is 7. The third-order valence-corrected chi connectivity index (χ3v) is 23.5.